The number of hydrogen-bond donors (Lipinski definition) is 1. The van der Waals surface area contributed by atoms with Crippen LogP contribution in [0, 0.1) is 11.3 Å². The zero-order valence-corrected chi connectivity index (χ0v) is 15.1. The predicted octanol–water partition coefficient (Wildman–Crippen LogP) is 4.59. The summed E-state index contributed by atoms with van der Waals surface area (Å²) in [4.78, 5) is 17.3. The van der Waals surface area contributed by atoms with Gasteiger partial charge in [0.2, 0.25) is 0 Å². The van der Waals surface area contributed by atoms with Crippen molar-refractivity contribution in [1.29, 1.82) is 5.26 Å². The minimum absolute atomic E-state index is 0.0809. The van der Waals surface area contributed by atoms with Crippen LogP contribution in [0.4, 0.5) is 11.5 Å². The normalized spacial score (nSPS) is 10.6. The number of nitrogens with one attached hydrogen (secondary N) is 1. The number of anilines is 2. The summed E-state index contributed by atoms with van der Waals surface area (Å²) in [7, 11) is 1.59. The van der Waals surface area contributed by atoms with Crippen LogP contribution in [0.5, 0.6) is 5.75 Å². The monoisotopic (exact) mass is 357 g/mol. The van der Waals surface area contributed by atoms with Crippen molar-refractivity contribution in [2.45, 2.75) is 6.92 Å². The summed E-state index contributed by atoms with van der Waals surface area (Å²) in [6.45, 7) is 1.90. The minimum atomic E-state index is -0.425. The number of nitrogens with zero attached hydrogens (tertiary/aromatic N) is 2. The van der Waals surface area contributed by atoms with Gasteiger partial charge in [0.05, 0.1) is 7.11 Å². The molecule has 0 aliphatic rings. The van der Waals surface area contributed by atoms with Crippen LogP contribution in [0.15, 0.2) is 77.7 Å². The van der Waals surface area contributed by atoms with E-state index in [2.05, 4.69) is 4.98 Å². The molecule has 1 N–H and O–H groups in total. The second-order valence-electron chi connectivity index (χ2n) is 5.80. The van der Waals surface area contributed by atoms with Crippen molar-refractivity contribution in [3.63, 3.8) is 0 Å². The molecule has 0 atom stereocenters. The fourth-order valence-corrected chi connectivity index (χ4v) is 2.83. The predicted molar refractivity (Wildman–Crippen MR) is 107 cm³/mol. The van der Waals surface area contributed by atoms with E-state index in [1.165, 1.54) is 0 Å². The zero-order chi connectivity index (χ0) is 19.2. The van der Waals surface area contributed by atoms with Crippen molar-refractivity contribution in [3.05, 3.63) is 88.9 Å². The lowest BCUT2D eigenvalue weighted by atomic mass is 10.0. The maximum atomic E-state index is 12.6. The largest absolute Gasteiger partial charge is 0.497 e. The third-order valence-corrected chi connectivity index (χ3v) is 4.12. The van der Waals surface area contributed by atoms with E-state index in [-0.39, 0.29) is 5.56 Å². The molecule has 3 rings (SSSR count). The molecule has 1 heterocycles. The Kier molecular flexibility index (Phi) is 5.38. The lowest BCUT2D eigenvalue weighted by Gasteiger charge is -2.21. The number of nitriles is 1. The Bertz CT molecular complexity index is 1050. The topological polar surface area (TPSA) is 69.1 Å². The second kappa shape index (κ2) is 8.07. The Hall–Kier alpha value is -3.78. The summed E-state index contributed by atoms with van der Waals surface area (Å²) in [5.41, 5.74) is 1.90. The molecule has 5 heteroatoms. The molecule has 134 valence electrons. The highest BCUT2D eigenvalue weighted by molar-refractivity contribution is 5.75. The Morgan fingerprint density at radius 1 is 1.11 bits per heavy atom. The van der Waals surface area contributed by atoms with E-state index in [0.29, 0.717) is 17.1 Å². The number of benzene rings is 2. The highest BCUT2D eigenvalue weighted by atomic mass is 16.5. The van der Waals surface area contributed by atoms with Crippen molar-refractivity contribution in [2.75, 3.05) is 12.0 Å². The minimum Gasteiger partial charge on any atom is -0.497 e. The van der Waals surface area contributed by atoms with Gasteiger partial charge in [-0.1, -0.05) is 36.4 Å². The Morgan fingerprint density at radius 3 is 2.41 bits per heavy atom. The zero-order valence-electron chi connectivity index (χ0n) is 15.1. The van der Waals surface area contributed by atoms with Crippen LogP contribution in [0.25, 0.3) is 11.1 Å². The molecule has 0 fully saturated rings. The van der Waals surface area contributed by atoms with Crippen molar-refractivity contribution in [3.8, 4) is 22.9 Å². The van der Waals surface area contributed by atoms with Gasteiger partial charge in [-0.05, 0) is 42.8 Å². The van der Waals surface area contributed by atoms with E-state index in [4.69, 9.17) is 4.74 Å². The SMILES string of the molecule is CC=CN(c1ccccc1)c1cc(-c2ccc(OC)cc2)c(C#N)c(=O)[nH]1. The number of pyridine rings is 1. The fourth-order valence-electron chi connectivity index (χ4n) is 2.83. The average Bonchev–Trinajstić information content (AvgIpc) is 2.72. The highest BCUT2D eigenvalue weighted by Crippen LogP contribution is 2.30. The van der Waals surface area contributed by atoms with E-state index in [0.717, 1.165) is 11.3 Å². The quantitative estimate of drug-likeness (QED) is 0.725. The Morgan fingerprint density at radius 2 is 1.81 bits per heavy atom. The molecule has 2 aromatic carbocycles. The molecule has 0 unspecified atom stereocenters. The maximum Gasteiger partial charge on any atom is 0.268 e. The summed E-state index contributed by atoms with van der Waals surface area (Å²) in [5.74, 6) is 1.29. The van der Waals surface area contributed by atoms with Crippen LogP contribution in [0.3, 0.4) is 0 Å². The smallest absolute Gasteiger partial charge is 0.268 e. The third-order valence-electron chi connectivity index (χ3n) is 4.12. The first-order chi connectivity index (χ1) is 13.2. The summed E-state index contributed by atoms with van der Waals surface area (Å²) in [6, 6.07) is 20.8. The summed E-state index contributed by atoms with van der Waals surface area (Å²) >= 11 is 0. The number of aromatic amines is 1. The molecule has 3 aromatic rings. The first-order valence-electron chi connectivity index (χ1n) is 8.47. The van der Waals surface area contributed by atoms with Gasteiger partial charge >= 0.3 is 0 Å². The second-order valence-corrected chi connectivity index (χ2v) is 5.80. The molecular formula is C22H19N3O2. The molecule has 0 saturated heterocycles. The first-order valence-corrected chi connectivity index (χ1v) is 8.47. The molecule has 0 amide bonds. The number of ether oxygens (including phenoxy) is 1. The first kappa shape index (κ1) is 18.0. The van der Waals surface area contributed by atoms with Gasteiger partial charge in [0.25, 0.3) is 5.56 Å². The molecule has 1 aromatic heterocycles. The van der Waals surface area contributed by atoms with E-state index in [1.807, 2.05) is 78.7 Å². The number of H-pyrrole nitrogens is 1. The molecule has 27 heavy (non-hydrogen) atoms. The number of aromatic nitrogens is 1. The average molecular weight is 357 g/mol. The van der Waals surface area contributed by atoms with Gasteiger partial charge in [-0.2, -0.15) is 5.26 Å². The molecule has 0 saturated carbocycles. The third kappa shape index (κ3) is 3.75. The van der Waals surface area contributed by atoms with Crippen molar-refractivity contribution >= 4 is 11.5 Å². The van der Waals surface area contributed by atoms with Crippen molar-refractivity contribution < 1.29 is 4.74 Å². The Balaban J connectivity index is 2.18. The molecule has 0 aliphatic heterocycles. The van der Waals surface area contributed by atoms with Crippen LogP contribution in [0.1, 0.15) is 12.5 Å². The Labute approximate surface area is 157 Å². The molecule has 0 spiro atoms. The summed E-state index contributed by atoms with van der Waals surface area (Å²) < 4.78 is 5.19. The van der Waals surface area contributed by atoms with Crippen molar-refractivity contribution in [1.82, 2.24) is 4.98 Å². The number of methoxy groups -OCH3 is 1. The van der Waals surface area contributed by atoms with Gasteiger partial charge in [-0.15, -0.1) is 0 Å². The molecule has 0 bridgehead atoms. The summed E-state index contributed by atoms with van der Waals surface area (Å²) in [5, 5.41) is 9.49. The van der Waals surface area contributed by atoms with E-state index in [1.54, 1.807) is 19.2 Å². The van der Waals surface area contributed by atoms with Gasteiger partial charge in [0.15, 0.2) is 0 Å². The van der Waals surface area contributed by atoms with E-state index in [9.17, 15) is 10.1 Å². The molecule has 0 radical (unpaired) electrons. The molecular weight excluding hydrogens is 338 g/mol. The van der Waals surface area contributed by atoms with E-state index >= 15 is 0 Å². The summed E-state index contributed by atoms with van der Waals surface area (Å²) in [6.07, 6.45) is 3.75. The molecule has 0 aliphatic carbocycles. The number of allylic oxidation sites excluding steroid dienone is 1. The maximum absolute atomic E-state index is 12.6. The highest BCUT2D eigenvalue weighted by Gasteiger charge is 2.15. The van der Waals surface area contributed by atoms with Crippen LogP contribution >= 0.6 is 0 Å². The molecule has 5 nitrogen and oxygen atoms in total. The standard InChI is InChI=1S/C22H19N3O2/c1-3-13-25(17-7-5-4-6-8-17)21-14-19(20(15-23)22(26)24-21)16-9-11-18(27-2)12-10-16/h3-14H,1-2H3,(H,24,26). The van der Waals surface area contributed by atoms with Gasteiger partial charge in [0, 0.05) is 17.5 Å². The van der Waals surface area contributed by atoms with Crippen molar-refractivity contribution in [2.24, 2.45) is 0 Å². The number of hydrogen-bond acceptors (Lipinski definition) is 4. The van der Waals surface area contributed by atoms with Gasteiger partial charge in [-0.25, -0.2) is 0 Å². The number of para-hydroxylation sites is 1. The van der Waals surface area contributed by atoms with Gasteiger partial charge in [-0.3, -0.25) is 4.79 Å². The van der Waals surface area contributed by atoms with Crippen LogP contribution in [-0.2, 0) is 0 Å². The van der Waals surface area contributed by atoms with Crippen LogP contribution < -0.4 is 15.2 Å². The van der Waals surface area contributed by atoms with E-state index < -0.39 is 5.56 Å². The van der Waals surface area contributed by atoms with Gasteiger partial charge in [0.1, 0.15) is 23.2 Å². The van der Waals surface area contributed by atoms with Gasteiger partial charge < -0.3 is 14.6 Å². The number of rotatable bonds is 5. The lowest BCUT2D eigenvalue weighted by molar-refractivity contribution is 0.415. The lowest BCUT2D eigenvalue weighted by Crippen LogP contribution is -2.18. The fraction of sp³-hybridized carbons (Fsp3) is 0.0909. The van der Waals surface area contributed by atoms with Crippen LogP contribution in [-0.4, -0.2) is 12.1 Å². The van der Waals surface area contributed by atoms with Crippen LogP contribution in [0.2, 0.25) is 0 Å².